The first kappa shape index (κ1) is 31.8. The maximum absolute atomic E-state index is 9.57. The first-order valence-corrected chi connectivity index (χ1v) is 18.5. The summed E-state index contributed by atoms with van der Waals surface area (Å²) in [4.78, 5) is 10.1. The van der Waals surface area contributed by atoms with Gasteiger partial charge in [0.1, 0.15) is 0 Å². The molecule has 3 heteroatoms. The highest BCUT2D eigenvalue weighted by molar-refractivity contribution is 5.90. The van der Waals surface area contributed by atoms with Crippen molar-refractivity contribution < 1.29 is 0 Å². The third-order valence-electron chi connectivity index (χ3n) is 11.6. The zero-order chi connectivity index (χ0) is 36.4. The number of nitrogens with zero attached hydrogens (tertiary/aromatic N) is 3. The molecule has 0 radical (unpaired) electrons. The predicted octanol–water partition coefficient (Wildman–Crippen LogP) is 12.0. The van der Waals surface area contributed by atoms with Crippen LogP contribution in [0.5, 0.6) is 0 Å². The van der Waals surface area contributed by atoms with Crippen molar-refractivity contribution in [3.8, 4) is 62.2 Å². The quantitative estimate of drug-likeness (QED) is 0.185. The number of aromatic nitrogens is 2. The fourth-order valence-corrected chi connectivity index (χ4v) is 9.09. The summed E-state index contributed by atoms with van der Waals surface area (Å²) in [6.45, 7) is 4.73. The van der Waals surface area contributed by atoms with Crippen LogP contribution in [-0.4, -0.2) is 9.97 Å². The van der Waals surface area contributed by atoms with Gasteiger partial charge in [0.2, 0.25) is 0 Å². The monoisotopic (exact) mass is 689 g/mol. The van der Waals surface area contributed by atoms with Gasteiger partial charge in [0.15, 0.2) is 5.82 Å². The molecule has 1 aromatic heterocycles. The van der Waals surface area contributed by atoms with Gasteiger partial charge in [-0.3, -0.25) is 0 Å². The maximum atomic E-state index is 9.57. The Morgan fingerprint density at radius 3 is 1.63 bits per heavy atom. The molecule has 54 heavy (non-hydrogen) atoms. The maximum Gasteiger partial charge on any atom is 0.160 e. The molecule has 0 fully saturated rings. The topological polar surface area (TPSA) is 49.6 Å². The largest absolute Gasteiger partial charge is 0.228 e. The zero-order valence-electron chi connectivity index (χ0n) is 30.1. The lowest BCUT2D eigenvalue weighted by Gasteiger charge is -2.46. The number of hydrogen-bond donors (Lipinski definition) is 0. The van der Waals surface area contributed by atoms with Crippen LogP contribution >= 0.6 is 0 Å². The normalized spacial score (nSPS) is 14.0. The van der Waals surface area contributed by atoms with Crippen molar-refractivity contribution in [1.82, 2.24) is 9.97 Å². The minimum atomic E-state index is -0.400. The van der Waals surface area contributed by atoms with Gasteiger partial charge in [-0.05, 0) is 79.9 Å². The fourth-order valence-electron chi connectivity index (χ4n) is 9.09. The van der Waals surface area contributed by atoms with E-state index in [0.717, 1.165) is 39.2 Å². The Labute approximate surface area is 315 Å². The van der Waals surface area contributed by atoms with Crippen molar-refractivity contribution in [2.24, 2.45) is 0 Å². The molecule has 0 saturated carbocycles. The molecule has 3 nitrogen and oxygen atoms in total. The van der Waals surface area contributed by atoms with Gasteiger partial charge in [-0.1, -0.05) is 166 Å². The van der Waals surface area contributed by atoms with Crippen LogP contribution in [0.25, 0.3) is 56.2 Å². The molecule has 0 aliphatic heterocycles. The highest BCUT2D eigenvalue weighted by Gasteiger charge is 2.53. The van der Waals surface area contributed by atoms with E-state index in [1.807, 2.05) is 48.5 Å². The van der Waals surface area contributed by atoms with Crippen molar-refractivity contribution in [1.29, 1.82) is 5.26 Å². The van der Waals surface area contributed by atoms with Gasteiger partial charge in [-0.15, -0.1) is 0 Å². The molecule has 0 saturated heterocycles. The lowest BCUT2D eigenvalue weighted by atomic mass is 9.55. The Kier molecular flexibility index (Phi) is 7.12. The van der Waals surface area contributed by atoms with Crippen molar-refractivity contribution in [3.05, 3.63) is 215 Å². The van der Waals surface area contributed by atoms with Gasteiger partial charge < -0.3 is 0 Å². The second-order valence-corrected chi connectivity index (χ2v) is 14.9. The number of fused-ring (bicyclic) bond motifs is 9. The number of rotatable bonds is 4. The molecule has 1 spiro atoms. The molecule has 0 atom stereocenters. The number of nitriles is 1. The van der Waals surface area contributed by atoms with Gasteiger partial charge in [0.05, 0.1) is 28.4 Å². The summed E-state index contributed by atoms with van der Waals surface area (Å²) in [5.41, 5.74) is 17.5. The molecular formula is C51H35N3. The van der Waals surface area contributed by atoms with E-state index < -0.39 is 5.41 Å². The van der Waals surface area contributed by atoms with E-state index in [0.29, 0.717) is 11.4 Å². The van der Waals surface area contributed by atoms with Crippen LogP contribution in [-0.2, 0) is 10.8 Å². The van der Waals surface area contributed by atoms with E-state index in [4.69, 9.17) is 9.97 Å². The minimum absolute atomic E-state index is 0.121. The fraction of sp³-hybridized carbons (Fsp3) is 0.0784. The van der Waals surface area contributed by atoms with E-state index in [-0.39, 0.29) is 5.41 Å². The zero-order valence-corrected chi connectivity index (χ0v) is 30.1. The van der Waals surface area contributed by atoms with E-state index in [9.17, 15) is 5.26 Å². The molecular weight excluding hydrogens is 655 g/mol. The third-order valence-corrected chi connectivity index (χ3v) is 11.6. The van der Waals surface area contributed by atoms with Crippen LogP contribution in [0.4, 0.5) is 0 Å². The first-order chi connectivity index (χ1) is 26.5. The standard InChI is InChI=1S/C51H35N3/c1-50(2)43-19-8-10-21-45(43)51(46-22-11-9-20-44(46)50)41-18-7-6-17-39(41)40-30-37(27-28-42(40)51)34-23-25-36(26-24-34)49-53-47(35-14-4-3-5-15-35)31-48(54-49)38-16-12-13-33(29-38)32-52/h3-31H,1-2H3. The van der Waals surface area contributed by atoms with Crippen LogP contribution in [0.2, 0.25) is 0 Å². The van der Waals surface area contributed by atoms with E-state index in [1.165, 1.54) is 44.5 Å². The Bertz CT molecular complexity index is 2760. The van der Waals surface area contributed by atoms with Gasteiger partial charge in [0.25, 0.3) is 0 Å². The third kappa shape index (κ3) is 4.67. The lowest BCUT2D eigenvalue weighted by molar-refractivity contribution is 0.563. The van der Waals surface area contributed by atoms with Crippen molar-refractivity contribution >= 4 is 0 Å². The molecule has 10 rings (SSSR count). The Hall–Kier alpha value is -6.89. The molecule has 0 bridgehead atoms. The smallest absolute Gasteiger partial charge is 0.160 e. The molecule has 254 valence electrons. The van der Waals surface area contributed by atoms with Gasteiger partial charge in [-0.25, -0.2) is 9.97 Å². The van der Waals surface area contributed by atoms with Crippen molar-refractivity contribution in [3.63, 3.8) is 0 Å². The Morgan fingerprint density at radius 2 is 0.944 bits per heavy atom. The molecule has 0 unspecified atom stereocenters. The van der Waals surface area contributed by atoms with Crippen LogP contribution in [0, 0.1) is 11.3 Å². The summed E-state index contributed by atoms with van der Waals surface area (Å²) < 4.78 is 0. The summed E-state index contributed by atoms with van der Waals surface area (Å²) in [7, 11) is 0. The van der Waals surface area contributed by atoms with Gasteiger partial charge >= 0.3 is 0 Å². The molecule has 2 aliphatic rings. The van der Waals surface area contributed by atoms with Crippen LogP contribution < -0.4 is 0 Å². The highest BCUT2D eigenvalue weighted by atomic mass is 14.9. The van der Waals surface area contributed by atoms with E-state index >= 15 is 0 Å². The van der Waals surface area contributed by atoms with Crippen LogP contribution in [0.3, 0.4) is 0 Å². The Balaban J connectivity index is 1.09. The summed E-state index contributed by atoms with van der Waals surface area (Å²) in [5, 5.41) is 9.57. The van der Waals surface area contributed by atoms with Crippen LogP contribution in [0.1, 0.15) is 52.8 Å². The second-order valence-electron chi connectivity index (χ2n) is 14.9. The molecule has 0 N–H and O–H groups in total. The molecule has 1 heterocycles. The molecule has 7 aromatic carbocycles. The molecule has 2 aliphatic carbocycles. The summed E-state index contributed by atoms with van der Waals surface area (Å²) in [6.07, 6.45) is 0. The lowest BCUT2D eigenvalue weighted by Crippen LogP contribution is -2.40. The average molecular weight is 690 g/mol. The summed E-state index contributed by atoms with van der Waals surface area (Å²) in [6, 6.07) is 64.8. The van der Waals surface area contributed by atoms with Crippen molar-refractivity contribution in [2.75, 3.05) is 0 Å². The number of benzene rings is 7. The average Bonchev–Trinajstić information content (AvgIpc) is 3.53. The van der Waals surface area contributed by atoms with Crippen LogP contribution in [0.15, 0.2) is 176 Å². The highest BCUT2D eigenvalue weighted by Crippen LogP contribution is 2.62. The molecule has 8 aromatic rings. The SMILES string of the molecule is CC1(C)c2ccccc2C2(c3ccccc3-c3cc(-c4ccc(-c5nc(-c6ccccc6)cc(-c6cccc(C#N)c6)n5)cc4)ccc32)c2ccccc21. The Morgan fingerprint density at radius 1 is 0.407 bits per heavy atom. The first-order valence-electron chi connectivity index (χ1n) is 18.5. The van der Waals surface area contributed by atoms with E-state index in [1.54, 1.807) is 0 Å². The molecule has 0 amide bonds. The minimum Gasteiger partial charge on any atom is -0.228 e. The van der Waals surface area contributed by atoms with E-state index in [2.05, 4.69) is 147 Å². The van der Waals surface area contributed by atoms with Gasteiger partial charge in [-0.2, -0.15) is 5.26 Å². The second kappa shape index (κ2) is 12.1. The summed E-state index contributed by atoms with van der Waals surface area (Å²) >= 11 is 0. The predicted molar refractivity (Wildman–Crippen MR) is 218 cm³/mol. The summed E-state index contributed by atoms with van der Waals surface area (Å²) in [5.74, 6) is 0.641. The van der Waals surface area contributed by atoms with Crippen molar-refractivity contribution in [2.45, 2.75) is 24.7 Å². The van der Waals surface area contributed by atoms with Gasteiger partial charge in [0, 0.05) is 22.1 Å². The number of hydrogen-bond acceptors (Lipinski definition) is 3.